The van der Waals surface area contributed by atoms with Gasteiger partial charge in [0.2, 0.25) is 0 Å². The van der Waals surface area contributed by atoms with Crippen LogP contribution in [0.15, 0.2) is 48.5 Å². The van der Waals surface area contributed by atoms with Gasteiger partial charge in [0.1, 0.15) is 0 Å². The SMILES string of the molecule is CCCCN(C)c1cccc(-c2ccc(Cl)cc2)c1. The molecule has 0 saturated heterocycles. The largest absolute Gasteiger partial charge is 0.375 e. The van der Waals surface area contributed by atoms with E-state index in [9.17, 15) is 0 Å². The molecule has 0 aliphatic rings. The van der Waals surface area contributed by atoms with E-state index in [2.05, 4.69) is 55.3 Å². The molecule has 0 bridgehead atoms. The second kappa shape index (κ2) is 6.63. The zero-order chi connectivity index (χ0) is 13.7. The molecule has 0 radical (unpaired) electrons. The molecule has 0 aliphatic heterocycles. The van der Waals surface area contributed by atoms with Crippen molar-refractivity contribution < 1.29 is 0 Å². The Morgan fingerprint density at radius 2 is 1.74 bits per heavy atom. The topological polar surface area (TPSA) is 3.24 Å². The summed E-state index contributed by atoms with van der Waals surface area (Å²) in [5, 5.41) is 0.778. The molecule has 0 unspecified atom stereocenters. The van der Waals surface area contributed by atoms with Crippen LogP contribution in [0.4, 0.5) is 5.69 Å². The standard InChI is InChI=1S/C17H20ClN/c1-3-4-12-19(2)17-7-5-6-15(13-17)14-8-10-16(18)11-9-14/h5-11,13H,3-4,12H2,1-2H3. The summed E-state index contributed by atoms with van der Waals surface area (Å²) in [7, 11) is 2.15. The Bertz CT molecular complexity index is 519. The Hall–Kier alpha value is -1.47. The highest BCUT2D eigenvalue weighted by Gasteiger charge is 2.03. The van der Waals surface area contributed by atoms with Gasteiger partial charge in [-0.25, -0.2) is 0 Å². The molecule has 0 heterocycles. The van der Waals surface area contributed by atoms with Crippen molar-refractivity contribution >= 4 is 17.3 Å². The summed E-state index contributed by atoms with van der Waals surface area (Å²) in [6.45, 7) is 3.32. The minimum absolute atomic E-state index is 0.778. The Labute approximate surface area is 120 Å². The molecule has 2 rings (SSSR count). The third kappa shape index (κ3) is 3.74. The van der Waals surface area contributed by atoms with Gasteiger partial charge >= 0.3 is 0 Å². The average molecular weight is 274 g/mol. The zero-order valence-corrected chi connectivity index (χ0v) is 12.3. The molecule has 1 nitrogen and oxygen atoms in total. The lowest BCUT2D eigenvalue weighted by Crippen LogP contribution is -2.18. The molecule has 0 saturated carbocycles. The van der Waals surface area contributed by atoms with Crippen LogP contribution >= 0.6 is 11.6 Å². The molecule has 0 spiro atoms. The van der Waals surface area contributed by atoms with Gasteiger partial charge in [0, 0.05) is 24.3 Å². The molecule has 0 atom stereocenters. The van der Waals surface area contributed by atoms with Gasteiger partial charge in [0.25, 0.3) is 0 Å². The maximum absolute atomic E-state index is 5.93. The molecule has 100 valence electrons. The molecule has 0 N–H and O–H groups in total. The minimum Gasteiger partial charge on any atom is -0.375 e. The summed E-state index contributed by atoms with van der Waals surface area (Å²) in [5.41, 5.74) is 3.70. The highest BCUT2D eigenvalue weighted by molar-refractivity contribution is 6.30. The van der Waals surface area contributed by atoms with Gasteiger partial charge in [-0.1, -0.05) is 49.2 Å². The third-order valence-corrected chi connectivity index (χ3v) is 3.56. The predicted molar refractivity (Wildman–Crippen MR) is 85.1 cm³/mol. The van der Waals surface area contributed by atoms with Gasteiger partial charge in [-0.3, -0.25) is 0 Å². The summed E-state index contributed by atoms with van der Waals surface area (Å²) in [4.78, 5) is 2.31. The van der Waals surface area contributed by atoms with Crippen molar-refractivity contribution in [3.8, 4) is 11.1 Å². The van der Waals surface area contributed by atoms with Crippen molar-refractivity contribution in [2.24, 2.45) is 0 Å². The van der Waals surface area contributed by atoms with Crippen LogP contribution in [0.3, 0.4) is 0 Å². The van der Waals surface area contributed by atoms with E-state index in [1.54, 1.807) is 0 Å². The first kappa shape index (κ1) is 14.0. The summed E-state index contributed by atoms with van der Waals surface area (Å²) in [6.07, 6.45) is 2.45. The number of nitrogens with zero attached hydrogens (tertiary/aromatic N) is 1. The smallest absolute Gasteiger partial charge is 0.0406 e. The second-order valence-electron chi connectivity index (χ2n) is 4.83. The highest BCUT2D eigenvalue weighted by atomic mass is 35.5. The van der Waals surface area contributed by atoms with E-state index < -0.39 is 0 Å². The molecule has 2 heteroatoms. The molecule has 0 amide bonds. The van der Waals surface area contributed by atoms with Crippen LogP contribution in [0.1, 0.15) is 19.8 Å². The molecule has 2 aromatic rings. The first-order valence-electron chi connectivity index (χ1n) is 6.78. The predicted octanol–water partition coefficient (Wildman–Crippen LogP) is 5.24. The third-order valence-electron chi connectivity index (χ3n) is 3.31. The van der Waals surface area contributed by atoms with E-state index >= 15 is 0 Å². The van der Waals surface area contributed by atoms with Crippen molar-refractivity contribution in [1.82, 2.24) is 0 Å². The molecular weight excluding hydrogens is 254 g/mol. The van der Waals surface area contributed by atoms with Crippen molar-refractivity contribution in [2.45, 2.75) is 19.8 Å². The van der Waals surface area contributed by atoms with Crippen LogP contribution in [-0.2, 0) is 0 Å². The Morgan fingerprint density at radius 3 is 2.42 bits per heavy atom. The molecule has 0 aromatic heterocycles. The molecule has 2 aromatic carbocycles. The summed E-state index contributed by atoms with van der Waals surface area (Å²) in [6, 6.07) is 16.6. The maximum atomic E-state index is 5.93. The lowest BCUT2D eigenvalue weighted by molar-refractivity contribution is 0.767. The number of unbranched alkanes of at least 4 members (excludes halogenated alkanes) is 1. The van der Waals surface area contributed by atoms with E-state index in [0.717, 1.165) is 11.6 Å². The van der Waals surface area contributed by atoms with Gasteiger partial charge in [-0.15, -0.1) is 0 Å². The lowest BCUT2D eigenvalue weighted by atomic mass is 10.0. The highest BCUT2D eigenvalue weighted by Crippen LogP contribution is 2.25. The van der Waals surface area contributed by atoms with Gasteiger partial charge in [-0.05, 0) is 41.8 Å². The van der Waals surface area contributed by atoms with Crippen LogP contribution in [0.5, 0.6) is 0 Å². The van der Waals surface area contributed by atoms with Crippen LogP contribution in [-0.4, -0.2) is 13.6 Å². The second-order valence-corrected chi connectivity index (χ2v) is 5.27. The Balaban J connectivity index is 2.21. The number of anilines is 1. The molecule has 0 aliphatic carbocycles. The van der Waals surface area contributed by atoms with Crippen LogP contribution < -0.4 is 4.90 Å². The first-order valence-corrected chi connectivity index (χ1v) is 7.15. The number of benzene rings is 2. The van der Waals surface area contributed by atoms with Crippen molar-refractivity contribution in [1.29, 1.82) is 0 Å². The number of halogens is 1. The van der Waals surface area contributed by atoms with Crippen LogP contribution in [0, 0.1) is 0 Å². The van der Waals surface area contributed by atoms with Gasteiger partial charge in [0.15, 0.2) is 0 Å². The lowest BCUT2D eigenvalue weighted by Gasteiger charge is -2.19. The minimum atomic E-state index is 0.778. The van der Waals surface area contributed by atoms with Gasteiger partial charge in [-0.2, -0.15) is 0 Å². The number of rotatable bonds is 5. The van der Waals surface area contributed by atoms with Gasteiger partial charge in [0.05, 0.1) is 0 Å². The average Bonchev–Trinajstić information content (AvgIpc) is 2.45. The molecular formula is C17H20ClN. The number of hydrogen-bond donors (Lipinski definition) is 0. The fourth-order valence-electron chi connectivity index (χ4n) is 2.09. The zero-order valence-electron chi connectivity index (χ0n) is 11.6. The van der Waals surface area contributed by atoms with E-state index in [1.165, 1.54) is 29.7 Å². The molecule has 19 heavy (non-hydrogen) atoms. The van der Waals surface area contributed by atoms with E-state index in [1.807, 2.05) is 12.1 Å². The van der Waals surface area contributed by atoms with Crippen molar-refractivity contribution in [3.63, 3.8) is 0 Å². The van der Waals surface area contributed by atoms with E-state index in [0.29, 0.717) is 0 Å². The summed E-state index contributed by atoms with van der Waals surface area (Å²) in [5.74, 6) is 0. The summed E-state index contributed by atoms with van der Waals surface area (Å²) < 4.78 is 0. The monoisotopic (exact) mass is 273 g/mol. The summed E-state index contributed by atoms with van der Waals surface area (Å²) >= 11 is 5.93. The van der Waals surface area contributed by atoms with Crippen molar-refractivity contribution in [2.75, 3.05) is 18.5 Å². The van der Waals surface area contributed by atoms with E-state index in [4.69, 9.17) is 11.6 Å². The van der Waals surface area contributed by atoms with Crippen LogP contribution in [0.2, 0.25) is 5.02 Å². The Kier molecular flexibility index (Phi) is 4.86. The fourth-order valence-corrected chi connectivity index (χ4v) is 2.22. The Morgan fingerprint density at radius 1 is 1.00 bits per heavy atom. The normalized spacial score (nSPS) is 10.5. The van der Waals surface area contributed by atoms with E-state index in [-0.39, 0.29) is 0 Å². The molecule has 0 fully saturated rings. The van der Waals surface area contributed by atoms with Crippen molar-refractivity contribution in [3.05, 3.63) is 53.6 Å². The number of hydrogen-bond acceptors (Lipinski definition) is 1. The fraction of sp³-hybridized carbons (Fsp3) is 0.294. The maximum Gasteiger partial charge on any atom is 0.0406 e. The van der Waals surface area contributed by atoms with Gasteiger partial charge < -0.3 is 4.90 Å². The first-order chi connectivity index (χ1) is 9.20. The van der Waals surface area contributed by atoms with Crippen LogP contribution in [0.25, 0.3) is 11.1 Å². The quantitative estimate of drug-likeness (QED) is 0.720.